The molecule has 6 heteroatoms. The van der Waals surface area contributed by atoms with E-state index in [4.69, 9.17) is 18.9 Å². The fraction of sp³-hybridized carbons (Fsp3) is 0.174. The van der Waals surface area contributed by atoms with Crippen molar-refractivity contribution in [2.75, 3.05) is 6.54 Å². The van der Waals surface area contributed by atoms with E-state index in [0.717, 1.165) is 28.0 Å². The van der Waals surface area contributed by atoms with Gasteiger partial charge < -0.3 is 13.9 Å². The van der Waals surface area contributed by atoms with Crippen molar-refractivity contribution in [2.24, 2.45) is 4.99 Å². The zero-order chi connectivity index (χ0) is 20.1. The topological polar surface area (TPSA) is 40.0 Å². The molecule has 3 aromatic rings. The van der Waals surface area contributed by atoms with Crippen LogP contribution in [0, 0.1) is 0 Å². The Balaban J connectivity index is 1.77. The number of hydrogen-bond acceptors (Lipinski definition) is 4. The van der Waals surface area contributed by atoms with Crippen LogP contribution in [-0.2, 0) is 9.23 Å². The summed E-state index contributed by atoms with van der Waals surface area (Å²) in [4.78, 5) is 4.73. The average molecular weight is 383 g/mol. The lowest BCUT2D eigenvalue weighted by Gasteiger charge is -2.23. The minimum absolute atomic E-state index is 0.114. The van der Waals surface area contributed by atoms with E-state index in [1.807, 2.05) is 98.8 Å². The summed E-state index contributed by atoms with van der Waals surface area (Å²) in [5, 5.41) is 0. The number of hydrogen-bond donors (Lipinski definition) is 0. The van der Waals surface area contributed by atoms with Crippen molar-refractivity contribution in [1.29, 1.82) is 0 Å². The average Bonchev–Trinajstić information content (AvgIpc) is 2.79. The largest absolute Gasteiger partial charge is 0.549 e. The molecule has 3 aromatic carbocycles. The van der Waals surface area contributed by atoms with Crippen LogP contribution in [0.5, 0.6) is 5.75 Å². The maximum atomic E-state index is 6.42. The van der Waals surface area contributed by atoms with Gasteiger partial charge in [-0.1, -0.05) is 72.8 Å². The number of nitrogens with zero attached hydrogens (tertiary/aromatic N) is 1. The molecule has 0 saturated heterocycles. The molecule has 0 N–H and O–H groups in total. The van der Waals surface area contributed by atoms with Crippen LogP contribution in [0.4, 0.5) is 0 Å². The maximum absolute atomic E-state index is 6.42. The van der Waals surface area contributed by atoms with E-state index in [1.165, 1.54) is 0 Å². The van der Waals surface area contributed by atoms with Crippen molar-refractivity contribution in [2.45, 2.75) is 20.0 Å². The molecule has 4 nitrogen and oxygen atoms in total. The minimum Gasteiger partial charge on any atom is -0.532 e. The van der Waals surface area contributed by atoms with Crippen LogP contribution in [0.15, 0.2) is 89.9 Å². The van der Waals surface area contributed by atoms with E-state index < -0.39 is 14.2 Å². The Morgan fingerprint density at radius 2 is 1.38 bits per heavy atom. The molecule has 144 valence electrons. The zero-order valence-corrected chi connectivity index (χ0v) is 16.7. The van der Waals surface area contributed by atoms with E-state index >= 15 is 0 Å². The summed E-state index contributed by atoms with van der Waals surface area (Å²) in [6.07, 6.45) is -0.114. The third-order valence-electron chi connectivity index (χ3n) is 4.84. The fourth-order valence-electron chi connectivity index (χ4n) is 3.28. The van der Waals surface area contributed by atoms with Gasteiger partial charge in [-0.15, -0.1) is 0 Å². The number of aliphatic imine (C=N–C) groups is 1. The molecule has 0 spiro atoms. The standard InChI is InChI=1S/C23H23B2NO3/c1-18-17-26-19(2)22-15-9-10-16-23(22)28-25(21-13-7-4-8-14-21)29-24(27-18)20-11-5-3-6-12-20/h3-16,18H,17H2,1-2H3/t18-/m1/s1. The van der Waals surface area contributed by atoms with Crippen LogP contribution >= 0.6 is 0 Å². The molecule has 1 aliphatic heterocycles. The van der Waals surface area contributed by atoms with Crippen molar-refractivity contribution < 1.29 is 13.9 Å². The van der Waals surface area contributed by atoms with Crippen LogP contribution in [0.2, 0.25) is 0 Å². The van der Waals surface area contributed by atoms with E-state index in [9.17, 15) is 0 Å². The van der Waals surface area contributed by atoms with Crippen molar-refractivity contribution in [3.8, 4) is 5.75 Å². The molecule has 1 aliphatic rings. The monoisotopic (exact) mass is 383 g/mol. The summed E-state index contributed by atoms with van der Waals surface area (Å²) in [6.45, 7) is 4.56. The molecular weight excluding hydrogens is 360 g/mol. The molecule has 0 unspecified atom stereocenters. The van der Waals surface area contributed by atoms with Gasteiger partial charge in [0.1, 0.15) is 5.75 Å². The zero-order valence-electron chi connectivity index (χ0n) is 16.7. The third-order valence-corrected chi connectivity index (χ3v) is 4.84. The first kappa shape index (κ1) is 19.5. The smallest absolute Gasteiger partial charge is 0.532 e. The summed E-state index contributed by atoms with van der Waals surface area (Å²) in [6, 6.07) is 27.8. The Kier molecular flexibility index (Phi) is 6.13. The van der Waals surface area contributed by atoms with Gasteiger partial charge in [0.05, 0.1) is 12.6 Å². The Morgan fingerprint density at radius 3 is 2.07 bits per heavy atom. The molecular formula is C23H23B2NO3. The van der Waals surface area contributed by atoms with Gasteiger partial charge >= 0.3 is 14.2 Å². The van der Waals surface area contributed by atoms with Gasteiger partial charge in [0.2, 0.25) is 0 Å². The second-order valence-electron chi connectivity index (χ2n) is 7.11. The minimum atomic E-state index is -0.624. The summed E-state index contributed by atoms with van der Waals surface area (Å²) < 4.78 is 19.1. The van der Waals surface area contributed by atoms with E-state index in [-0.39, 0.29) is 6.10 Å². The van der Waals surface area contributed by atoms with Crippen LogP contribution < -0.4 is 15.6 Å². The van der Waals surface area contributed by atoms with Crippen molar-refractivity contribution in [3.63, 3.8) is 0 Å². The highest BCUT2D eigenvalue weighted by Gasteiger charge is 2.34. The molecule has 1 atom stereocenters. The lowest BCUT2D eigenvalue weighted by molar-refractivity contribution is 0.197. The van der Waals surface area contributed by atoms with Crippen molar-refractivity contribution >= 4 is 30.9 Å². The van der Waals surface area contributed by atoms with Gasteiger partial charge in [-0.2, -0.15) is 0 Å². The van der Waals surface area contributed by atoms with Crippen LogP contribution in [0.1, 0.15) is 19.4 Å². The molecule has 0 radical (unpaired) electrons. The second kappa shape index (κ2) is 9.12. The summed E-state index contributed by atoms with van der Waals surface area (Å²) in [5.41, 5.74) is 3.74. The fourth-order valence-corrected chi connectivity index (χ4v) is 3.28. The van der Waals surface area contributed by atoms with Gasteiger partial charge in [0.15, 0.2) is 0 Å². The molecule has 29 heavy (non-hydrogen) atoms. The van der Waals surface area contributed by atoms with E-state index in [0.29, 0.717) is 6.54 Å². The SMILES string of the molecule is CC1=NC[C@@H](C)OB(c2ccccc2)OB(c2ccccc2)Oc2ccccc21. The molecule has 1 heterocycles. The highest BCUT2D eigenvalue weighted by atomic mass is 16.6. The number of rotatable bonds is 2. The molecule has 0 aromatic heterocycles. The van der Waals surface area contributed by atoms with Crippen molar-refractivity contribution in [1.82, 2.24) is 0 Å². The summed E-state index contributed by atoms with van der Waals surface area (Å²) in [7, 11) is -1.20. The first-order chi connectivity index (χ1) is 14.2. The van der Waals surface area contributed by atoms with E-state index in [1.54, 1.807) is 0 Å². The van der Waals surface area contributed by atoms with Gasteiger partial charge in [-0.05, 0) is 36.9 Å². The maximum Gasteiger partial charge on any atom is 0.549 e. The van der Waals surface area contributed by atoms with Crippen LogP contribution in [0.3, 0.4) is 0 Å². The van der Waals surface area contributed by atoms with E-state index in [2.05, 4.69) is 0 Å². The summed E-state index contributed by atoms with van der Waals surface area (Å²) in [5.74, 6) is 0.740. The highest BCUT2D eigenvalue weighted by molar-refractivity contribution is 6.74. The van der Waals surface area contributed by atoms with Gasteiger partial charge in [0.25, 0.3) is 0 Å². The number of para-hydroxylation sites is 1. The molecule has 0 amide bonds. The highest BCUT2D eigenvalue weighted by Crippen LogP contribution is 2.21. The Labute approximate surface area is 172 Å². The number of benzene rings is 3. The first-order valence-electron chi connectivity index (χ1n) is 9.88. The van der Waals surface area contributed by atoms with Crippen LogP contribution in [-0.4, -0.2) is 32.6 Å². The second-order valence-corrected chi connectivity index (χ2v) is 7.11. The molecule has 0 saturated carbocycles. The van der Waals surface area contributed by atoms with Crippen LogP contribution in [0.25, 0.3) is 0 Å². The molecule has 0 bridgehead atoms. The number of fused-ring (bicyclic) bond motifs is 1. The van der Waals surface area contributed by atoms with Gasteiger partial charge in [0, 0.05) is 11.3 Å². The Hall–Kier alpha value is -2.82. The summed E-state index contributed by atoms with van der Waals surface area (Å²) >= 11 is 0. The molecule has 4 rings (SSSR count). The first-order valence-corrected chi connectivity index (χ1v) is 9.88. The quantitative estimate of drug-likeness (QED) is 0.639. The van der Waals surface area contributed by atoms with Gasteiger partial charge in [-0.25, -0.2) is 0 Å². The van der Waals surface area contributed by atoms with Gasteiger partial charge in [-0.3, -0.25) is 4.99 Å². The molecule has 0 aliphatic carbocycles. The lowest BCUT2D eigenvalue weighted by atomic mass is 9.70. The molecule has 0 fully saturated rings. The predicted octanol–water partition coefficient (Wildman–Crippen LogP) is 3.10. The lowest BCUT2D eigenvalue weighted by Crippen LogP contribution is -2.50. The normalized spacial score (nSPS) is 17.6. The Morgan fingerprint density at radius 1 is 0.793 bits per heavy atom. The Bertz CT molecular complexity index is 966. The predicted molar refractivity (Wildman–Crippen MR) is 119 cm³/mol. The van der Waals surface area contributed by atoms with Crippen molar-refractivity contribution in [3.05, 3.63) is 90.5 Å². The third kappa shape index (κ3) is 4.78.